The number of halogens is 1. The first-order chi connectivity index (χ1) is 5.99. The van der Waals surface area contributed by atoms with Gasteiger partial charge in [-0.2, -0.15) is 0 Å². The second-order valence-electron chi connectivity index (χ2n) is 3.83. The molecule has 0 spiro atoms. The number of nitrogens with two attached hydrogens (primary N) is 1. The Labute approximate surface area is 77.2 Å². The zero-order chi connectivity index (χ0) is 9.90. The number of hydrogen-bond acceptors (Lipinski definition) is 3. The predicted molar refractivity (Wildman–Crippen MR) is 48.8 cm³/mol. The van der Waals surface area contributed by atoms with Gasteiger partial charge in [0.2, 0.25) is 0 Å². The summed E-state index contributed by atoms with van der Waals surface area (Å²) < 4.78 is 13.5. The Morgan fingerprint density at radius 3 is 2.46 bits per heavy atom. The van der Waals surface area contributed by atoms with Gasteiger partial charge in [-0.05, 0) is 13.8 Å². The topological polar surface area (TPSA) is 51.8 Å². The van der Waals surface area contributed by atoms with Crippen LogP contribution in [-0.2, 0) is 0 Å². The zero-order valence-electron chi connectivity index (χ0n) is 7.87. The fourth-order valence-corrected chi connectivity index (χ4v) is 1.05. The van der Waals surface area contributed by atoms with Crippen LogP contribution in [0.15, 0.2) is 18.7 Å². The van der Waals surface area contributed by atoms with Crippen molar-refractivity contribution in [1.29, 1.82) is 0 Å². The molecule has 1 unspecified atom stereocenters. The van der Waals surface area contributed by atoms with Crippen molar-refractivity contribution in [2.45, 2.75) is 32.0 Å². The van der Waals surface area contributed by atoms with E-state index in [2.05, 4.69) is 9.97 Å². The lowest BCUT2D eigenvalue weighted by Crippen LogP contribution is -2.33. The van der Waals surface area contributed by atoms with Crippen LogP contribution in [0.25, 0.3) is 0 Å². The van der Waals surface area contributed by atoms with E-state index in [9.17, 15) is 4.39 Å². The fraction of sp³-hybridized carbons (Fsp3) is 0.556. The first-order valence-corrected chi connectivity index (χ1v) is 4.17. The van der Waals surface area contributed by atoms with E-state index in [0.717, 1.165) is 0 Å². The number of aromatic nitrogens is 2. The number of hydrogen-bond donors (Lipinski definition) is 1. The monoisotopic (exact) mass is 183 g/mol. The van der Waals surface area contributed by atoms with Crippen molar-refractivity contribution in [3.8, 4) is 0 Å². The maximum absolute atomic E-state index is 13.5. The normalized spacial score (nSPS) is 14.2. The molecule has 2 N–H and O–H groups in total. The van der Waals surface area contributed by atoms with E-state index in [-0.39, 0.29) is 6.42 Å². The van der Waals surface area contributed by atoms with Gasteiger partial charge < -0.3 is 5.73 Å². The van der Waals surface area contributed by atoms with Crippen molar-refractivity contribution in [3.63, 3.8) is 0 Å². The van der Waals surface area contributed by atoms with Crippen molar-refractivity contribution >= 4 is 0 Å². The SMILES string of the molecule is CC(C)(N)CC(F)c1cncnc1. The molecular formula is C9H14FN3. The summed E-state index contributed by atoms with van der Waals surface area (Å²) in [6.45, 7) is 3.59. The van der Waals surface area contributed by atoms with Gasteiger partial charge in [-0.3, -0.25) is 0 Å². The maximum Gasteiger partial charge on any atom is 0.130 e. The summed E-state index contributed by atoms with van der Waals surface area (Å²) in [5, 5.41) is 0. The summed E-state index contributed by atoms with van der Waals surface area (Å²) in [5.74, 6) is 0. The molecule has 0 aliphatic carbocycles. The number of rotatable bonds is 3. The Kier molecular flexibility index (Phi) is 2.93. The van der Waals surface area contributed by atoms with Crippen LogP contribution < -0.4 is 5.73 Å². The van der Waals surface area contributed by atoms with Gasteiger partial charge in [0.15, 0.2) is 0 Å². The fourth-order valence-electron chi connectivity index (χ4n) is 1.05. The van der Waals surface area contributed by atoms with Crippen LogP contribution in [0.5, 0.6) is 0 Å². The summed E-state index contributed by atoms with van der Waals surface area (Å²) in [4.78, 5) is 7.49. The molecule has 1 rings (SSSR count). The van der Waals surface area contributed by atoms with Crippen LogP contribution >= 0.6 is 0 Å². The third-order valence-corrected chi connectivity index (χ3v) is 1.65. The minimum absolute atomic E-state index is 0.278. The number of alkyl halides is 1. The molecule has 0 saturated carbocycles. The van der Waals surface area contributed by atoms with Gasteiger partial charge in [0.1, 0.15) is 12.5 Å². The van der Waals surface area contributed by atoms with Gasteiger partial charge in [0, 0.05) is 29.9 Å². The summed E-state index contributed by atoms with van der Waals surface area (Å²) in [6.07, 6.45) is 3.53. The minimum Gasteiger partial charge on any atom is -0.325 e. The third kappa shape index (κ3) is 3.46. The Hall–Kier alpha value is -1.03. The maximum atomic E-state index is 13.5. The van der Waals surface area contributed by atoms with Crippen molar-refractivity contribution in [1.82, 2.24) is 9.97 Å². The Bertz CT molecular complexity index is 255. The molecule has 0 aliphatic heterocycles. The number of nitrogens with zero attached hydrogens (tertiary/aromatic N) is 2. The molecule has 13 heavy (non-hydrogen) atoms. The lowest BCUT2D eigenvalue weighted by atomic mass is 9.96. The smallest absolute Gasteiger partial charge is 0.130 e. The van der Waals surface area contributed by atoms with Gasteiger partial charge in [-0.15, -0.1) is 0 Å². The summed E-state index contributed by atoms with van der Waals surface area (Å²) in [6, 6.07) is 0. The van der Waals surface area contributed by atoms with Gasteiger partial charge in [-0.1, -0.05) is 0 Å². The Balaban J connectivity index is 2.64. The average Bonchev–Trinajstić information content (AvgIpc) is 2.03. The molecule has 0 bridgehead atoms. The standard InChI is InChI=1S/C9H14FN3/c1-9(2,11)3-8(10)7-4-12-6-13-5-7/h4-6,8H,3,11H2,1-2H3. The summed E-state index contributed by atoms with van der Waals surface area (Å²) >= 11 is 0. The van der Waals surface area contributed by atoms with Gasteiger partial charge in [0.25, 0.3) is 0 Å². The van der Waals surface area contributed by atoms with Crippen LogP contribution in [-0.4, -0.2) is 15.5 Å². The molecule has 1 heterocycles. The second kappa shape index (κ2) is 3.79. The minimum atomic E-state index is -1.08. The molecule has 1 atom stereocenters. The predicted octanol–water partition coefficient (Wildman–Crippen LogP) is 1.61. The third-order valence-electron chi connectivity index (χ3n) is 1.65. The van der Waals surface area contributed by atoms with Crippen LogP contribution in [0, 0.1) is 0 Å². The summed E-state index contributed by atoms with van der Waals surface area (Å²) in [7, 11) is 0. The van der Waals surface area contributed by atoms with E-state index in [1.54, 1.807) is 13.8 Å². The molecule has 1 aromatic heterocycles. The molecule has 0 radical (unpaired) electrons. The van der Waals surface area contributed by atoms with E-state index in [1.165, 1.54) is 18.7 Å². The van der Waals surface area contributed by atoms with Crippen LogP contribution in [0.4, 0.5) is 4.39 Å². The Morgan fingerprint density at radius 2 is 2.00 bits per heavy atom. The van der Waals surface area contributed by atoms with E-state index < -0.39 is 11.7 Å². The zero-order valence-corrected chi connectivity index (χ0v) is 7.87. The van der Waals surface area contributed by atoms with Crippen molar-refractivity contribution < 1.29 is 4.39 Å². The first kappa shape index (κ1) is 10.1. The van der Waals surface area contributed by atoms with Crippen LogP contribution in [0.1, 0.15) is 32.0 Å². The lowest BCUT2D eigenvalue weighted by molar-refractivity contribution is 0.266. The van der Waals surface area contributed by atoms with Gasteiger partial charge in [-0.25, -0.2) is 14.4 Å². The van der Waals surface area contributed by atoms with E-state index in [4.69, 9.17) is 5.73 Å². The lowest BCUT2D eigenvalue weighted by Gasteiger charge is -2.20. The molecule has 0 amide bonds. The van der Waals surface area contributed by atoms with Gasteiger partial charge in [0.05, 0.1) is 0 Å². The molecule has 3 nitrogen and oxygen atoms in total. The first-order valence-electron chi connectivity index (χ1n) is 4.17. The molecule has 72 valence electrons. The van der Waals surface area contributed by atoms with E-state index in [1.807, 2.05) is 0 Å². The molecule has 0 aromatic carbocycles. The molecule has 1 aromatic rings. The van der Waals surface area contributed by atoms with Crippen LogP contribution in [0.2, 0.25) is 0 Å². The van der Waals surface area contributed by atoms with Crippen molar-refractivity contribution in [2.24, 2.45) is 5.73 Å². The van der Waals surface area contributed by atoms with E-state index in [0.29, 0.717) is 5.56 Å². The molecule has 4 heteroatoms. The quantitative estimate of drug-likeness (QED) is 0.774. The highest BCUT2D eigenvalue weighted by Crippen LogP contribution is 2.24. The molecule has 0 saturated heterocycles. The van der Waals surface area contributed by atoms with Crippen LogP contribution in [0.3, 0.4) is 0 Å². The van der Waals surface area contributed by atoms with Crippen molar-refractivity contribution in [2.75, 3.05) is 0 Å². The highest BCUT2D eigenvalue weighted by molar-refractivity contribution is 5.07. The highest BCUT2D eigenvalue weighted by atomic mass is 19.1. The summed E-state index contributed by atoms with van der Waals surface area (Å²) in [5.41, 5.74) is 5.68. The second-order valence-corrected chi connectivity index (χ2v) is 3.83. The van der Waals surface area contributed by atoms with E-state index >= 15 is 0 Å². The van der Waals surface area contributed by atoms with Gasteiger partial charge >= 0.3 is 0 Å². The Morgan fingerprint density at radius 1 is 1.46 bits per heavy atom. The molecular weight excluding hydrogens is 169 g/mol. The highest BCUT2D eigenvalue weighted by Gasteiger charge is 2.20. The average molecular weight is 183 g/mol. The molecule has 0 aliphatic rings. The molecule has 0 fully saturated rings. The largest absolute Gasteiger partial charge is 0.325 e. The van der Waals surface area contributed by atoms with Crippen molar-refractivity contribution in [3.05, 3.63) is 24.3 Å².